The van der Waals surface area contributed by atoms with Gasteiger partial charge < -0.3 is 10.1 Å². The van der Waals surface area contributed by atoms with E-state index in [0.29, 0.717) is 16.3 Å². The standard InChI is InChI=1S/C17H15F3N4OS/c1-25-16-15-13(6-8-22-16)14(7-9-21-15)24-11-2-4-12(5-3-11)26-23-10-17(18,19)20/h2-9,23H,10H2,1H3,(H,21,24). The second kappa shape index (κ2) is 7.79. The maximum Gasteiger partial charge on any atom is 0.402 e. The highest BCUT2D eigenvalue weighted by Gasteiger charge is 2.26. The molecule has 0 bridgehead atoms. The van der Waals surface area contributed by atoms with Gasteiger partial charge >= 0.3 is 6.18 Å². The molecule has 0 atom stereocenters. The number of halogens is 3. The van der Waals surface area contributed by atoms with Gasteiger partial charge in [-0.2, -0.15) is 13.2 Å². The van der Waals surface area contributed by atoms with E-state index in [2.05, 4.69) is 20.0 Å². The lowest BCUT2D eigenvalue weighted by molar-refractivity contribution is -0.120. The van der Waals surface area contributed by atoms with Gasteiger partial charge in [0.2, 0.25) is 5.88 Å². The lowest BCUT2D eigenvalue weighted by atomic mass is 10.2. The molecule has 2 heterocycles. The van der Waals surface area contributed by atoms with Crippen molar-refractivity contribution in [2.24, 2.45) is 0 Å². The van der Waals surface area contributed by atoms with Crippen LogP contribution in [0.3, 0.4) is 0 Å². The minimum Gasteiger partial charge on any atom is -0.479 e. The molecule has 26 heavy (non-hydrogen) atoms. The predicted octanol–water partition coefficient (Wildman–Crippen LogP) is 4.54. The lowest BCUT2D eigenvalue weighted by Crippen LogP contribution is -2.23. The Hall–Kier alpha value is -2.52. The van der Waals surface area contributed by atoms with E-state index in [-0.39, 0.29) is 0 Å². The van der Waals surface area contributed by atoms with Crippen LogP contribution in [0.5, 0.6) is 5.88 Å². The summed E-state index contributed by atoms with van der Waals surface area (Å²) >= 11 is 0.937. The van der Waals surface area contributed by atoms with Crippen molar-refractivity contribution in [1.29, 1.82) is 0 Å². The Bertz CT molecular complexity index is 887. The first-order valence-electron chi connectivity index (χ1n) is 7.57. The minimum absolute atomic E-state index is 0.439. The summed E-state index contributed by atoms with van der Waals surface area (Å²) in [7, 11) is 1.53. The molecule has 0 amide bonds. The number of pyridine rings is 2. The van der Waals surface area contributed by atoms with E-state index in [1.165, 1.54) is 7.11 Å². The molecule has 0 aliphatic rings. The van der Waals surface area contributed by atoms with Crippen molar-refractivity contribution in [3.05, 3.63) is 48.8 Å². The van der Waals surface area contributed by atoms with E-state index in [9.17, 15) is 13.2 Å². The van der Waals surface area contributed by atoms with Gasteiger partial charge in [-0.3, -0.25) is 9.71 Å². The highest BCUT2D eigenvalue weighted by Crippen LogP contribution is 2.29. The van der Waals surface area contributed by atoms with Crippen LogP contribution in [0.25, 0.3) is 10.9 Å². The number of hydrogen-bond acceptors (Lipinski definition) is 6. The number of anilines is 2. The first kappa shape index (κ1) is 18.3. The zero-order valence-corrected chi connectivity index (χ0v) is 14.5. The average Bonchev–Trinajstić information content (AvgIpc) is 2.62. The fourth-order valence-electron chi connectivity index (χ4n) is 2.27. The van der Waals surface area contributed by atoms with Crippen LogP contribution in [0.1, 0.15) is 0 Å². The van der Waals surface area contributed by atoms with Gasteiger partial charge in [0.1, 0.15) is 12.1 Å². The molecular weight excluding hydrogens is 365 g/mol. The topological polar surface area (TPSA) is 59.1 Å². The number of ether oxygens (including phenoxy) is 1. The summed E-state index contributed by atoms with van der Waals surface area (Å²) in [4.78, 5) is 9.10. The van der Waals surface area contributed by atoms with E-state index in [1.54, 1.807) is 36.7 Å². The molecule has 0 fully saturated rings. The molecule has 9 heteroatoms. The Balaban J connectivity index is 1.73. The van der Waals surface area contributed by atoms with E-state index < -0.39 is 12.7 Å². The third-order valence-electron chi connectivity index (χ3n) is 3.42. The number of nitrogens with one attached hydrogen (secondary N) is 2. The van der Waals surface area contributed by atoms with Gasteiger partial charge in [0.15, 0.2) is 0 Å². The molecule has 3 rings (SSSR count). The Kier molecular flexibility index (Phi) is 5.48. The number of alkyl halides is 3. The molecule has 0 radical (unpaired) electrons. The van der Waals surface area contributed by atoms with Crippen LogP contribution in [0.2, 0.25) is 0 Å². The minimum atomic E-state index is -4.23. The zero-order valence-electron chi connectivity index (χ0n) is 13.7. The van der Waals surface area contributed by atoms with Gasteiger partial charge in [0.25, 0.3) is 0 Å². The molecule has 0 aliphatic carbocycles. The summed E-state index contributed by atoms with van der Waals surface area (Å²) in [6, 6.07) is 10.7. The van der Waals surface area contributed by atoms with Crippen LogP contribution < -0.4 is 14.8 Å². The third kappa shape index (κ3) is 4.55. The molecule has 5 nitrogen and oxygen atoms in total. The van der Waals surface area contributed by atoms with E-state index in [1.807, 2.05) is 12.1 Å². The zero-order chi connectivity index (χ0) is 18.6. The van der Waals surface area contributed by atoms with Crippen molar-refractivity contribution >= 4 is 34.2 Å². The van der Waals surface area contributed by atoms with Crippen molar-refractivity contribution < 1.29 is 17.9 Å². The summed E-state index contributed by atoms with van der Waals surface area (Å²) in [5.41, 5.74) is 2.27. The van der Waals surface area contributed by atoms with Gasteiger partial charge in [-0.25, -0.2) is 4.98 Å². The van der Waals surface area contributed by atoms with Crippen molar-refractivity contribution in [2.75, 3.05) is 19.0 Å². The number of nitrogens with zero attached hydrogens (tertiary/aromatic N) is 2. The van der Waals surface area contributed by atoms with Crippen molar-refractivity contribution in [3.8, 4) is 5.88 Å². The smallest absolute Gasteiger partial charge is 0.402 e. The third-order valence-corrected chi connectivity index (χ3v) is 4.21. The van der Waals surface area contributed by atoms with Crippen LogP contribution in [0, 0.1) is 0 Å². The lowest BCUT2D eigenvalue weighted by Gasteiger charge is -2.11. The van der Waals surface area contributed by atoms with Gasteiger partial charge in [0.05, 0.1) is 7.11 Å². The summed E-state index contributed by atoms with van der Waals surface area (Å²) in [5, 5.41) is 4.12. The molecule has 0 aliphatic heterocycles. The summed E-state index contributed by atoms with van der Waals surface area (Å²) in [6.45, 7) is -1.05. The summed E-state index contributed by atoms with van der Waals surface area (Å²) < 4.78 is 43.9. The Morgan fingerprint density at radius 3 is 2.46 bits per heavy atom. The van der Waals surface area contributed by atoms with Gasteiger partial charge in [-0.05, 0) is 48.3 Å². The number of hydrogen-bond donors (Lipinski definition) is 2. The van der Waals surface area contributed by atoms with Gasteiger partial charge in [0, 0.05) is 34.1 Å². The molecular formula is C17H15F3N4OS. The fourth-order valence-corrected chi connectivity index (χ4v) is 2.95. The molecule has 0 unspecified atom stereocenters. The second-order valence-electron chi connectivity index (χ2n) is 5.26. The normalized spacial score (nSPS) is 11.5. The number of aromatic nitrogens is 2. The molecule has 2 aromatic heterocycles. The van der Waals surface area contributed by atoms with Gasteiger partial charge in [-0.1, -0.05) is 0 Å². The number of benzene rings is 1. The Morgan fingerprint density at radius 1 is 1.04 bits per heavy atom. The second-order valence-corrected chi connectivity index (χ2v) is 6.23. The van der Waals surface area contributed by atoms with Crippen molar-refractivity contribution in [1.82, 2.24) is 14.7 Å². The Morgan fingerprint density at radius 2 is 1.77 bits per heavy atom. The first-order chi connectivity index (χ1) is 12.5. The molecule has 1 aromatic carbocycles. The van der Waals surface area contributed by atoms with Crippen LogP contribution in [0.4, 0.5) is 24.5 Å². The molecule has 0 saturated carbocycles. The highest BCUT2D eigenvalue weighted by molar-refractivity contribution is 7.97. The van der Waals surface area contributed by atoms with Crippen LogP contribution in [-0.2, 0) is 0 Å². The van der Waals surface area contributed by atoms with Gasteiger partial charge in [-0.15, -0.1) is 0 Å². The van der Waals surface area contributed by atoms with E-state index in [4.69, 9.17) is 4.74 Å². The van der Waals surface area contributed by atoms with E-state index in [0.717, 1.165) is 28.7 Å². The van der Waals surface area contributed by atoms with Crippen LogP contribution >= 0.6 is 11.9 Å². The largest absolute Gasteiger partial charge is 0.479 e. The SMILES string of the molecule is COc1nccc2c(Nc3ccc(SNCC(F)(F)F)cc3)ccnc12. The molecule has 0 saturated heterocycles. The molecule has 0 spiro atoms. The van der Waals surface area contributed by atoms with Crippen molar-refractivity contribution in [2.45, 2.75) is 11.1 Å². The maximum atomic E-state index is 12.1. The van der Waals surface area contributed by atoms with Crippen molar-refractivity contribution in [3.63, 3.8) is 0 Å². The first-order valence-corrected chi connectivity index (χ1v) is 8.39. The Labute approximate surface area is 152 Å². The fraction of sp³-hybridized carbons (Fsp3) is 0.176. The number of rotatable bonds is 6. The molecule has 2 N–H and O–H groups in total. The predicted molar refractivity (Wildman–Crippen MR) is 95.7 cm³/mol. The quantitative estimate of drug-likeness (QED) is 0.613. The number of methoxy groups -OCH3 is 1. The number of fused-ring (bicyclic) bond motifs is 1. The molecule has 3 aromatic rings. The summed E-state index contributed by atoms with van der Waals surface area (Å²) in [6.07, 6.45) is -0.937. The van der Waals surface area contributed by atoms with E-state index >= 15 is 0 Å². The summed E-state index contributed by atoms with van der Waals surface area (Å²) in [5.74, 6) is 0.439. The van der Waals surface area contributed by atoms with Crippen LogP contribution in [0.15, 0.2) is 53.7 Å². The monoisotopic (exact) mass is 380 g/mol. The maximum absolute atomic E-state index is 12.1. The highest BCUT2D eigenvalue weighted by atomic mass is 32.2. The average molecular weight is 380 g/mol. The van der Waals surface area contributed by atoms with Crippen LogP contribution in [-0.4, -0.2) is 29.8 Å². The molecule has 136 valence electrons.